The summed E-state index contributed by atoms with van der Waals surface area (Å²) in [6, 6.07) is 17.1. The highest BCUT2D eigenvalue weighted by Crippen LogP contribution is 2.26. The molecule has 0 aliphatic heterocycles. The number of hydrogen-bond donors (Lipinski definition) is 4. The number of aromatic amines is 1. The van der Waals surface area contributed by atoms with Crippen LogP contribution in [0.2, 0.25) is 0 Å². The topological polar surface area (TPSA) is 121 Å². The van der Waals surface area contributed by atoms with Gasteiger partial charge in [-0.05, 0) is 48.5 Å². The first-order valence-corrected chi connectivity index (χ1v) is 9.62. The second kappa shape index (κ2) is 7.71. The van der Waals surface area contributed by atoms with E-state index in [9.17, 15) is 4.79 Å². The third kappa shape index (κ3) is 3.97. The average molecular weight is 410 g/mol. The maximum Gasteiger partial charge on any atom is 0.231 e. The molecule has 9 heteroatoms. The molecule has 1 amide bonds. The summed E-state index contributed by atoms with van der Waals surface area (Å²) >= 11 is 0. The molecule has 3 heterocycles. The summed E-state index contributed by atoms with van der Waals surface area (Å²) in [5.74, 6) is 0.885. The van der Waals surface area contributed by atoms with E-state index in [1.165, 1.54) is 6.92 Å². The number of anilines is 5. The fourth-order valence-electron chi connectivity index (χ4n) is 3.24. The number of aromatic nitrogens is 5. The second-order valence-electron chi connectivity index (χ2n) is 6.92. The minimum atomic E-state index is -0.115. The van der Waals surface area contributed by atoms with Gasteiger partial charge in [0.1, 0.15) is 5.52 Å². The van der Waals surface area contributed by atoms with Gasteiger partial charge in [0.15, 0.2) is 11.5 Å². The lowest BCUT2D eigenvalue weighted by molar-refractivity contribution is -0.114. The highest BCUT2D eigenvalue weighted by atomic mass is 16.1. The maximum absolute atomic E-state index is 11.2. The van der Waals surface area contributed by atoms with E-state index in [0.717, 1.165) is 28.0 Å². The smallest absolute Gasteiger partial charge is 0.231 e. The number of imidazole rings is 1. The zero-order valence-electron chi connectivity index (χ0n) is 16.5. The van der Waals surface area contributed by atoms with Crippen molar-refractivity contribution in [3.8, 4) is 0 Å². The first-order chi connectivity index (χ1) is 15.1. The molecule has 4 N–H and O–H groups in total. The van der Waals surface area contributed by atoms with Crippen LogP contribution in [0, 0.1) is 0 Å². The third-order valence-corrected chi connectivity index (χ3v) is 4.61. The quantitative estimate of drug-likeness (QED) is 0.340. The molecule has 0 aliphatic rings. The Morgan fingerprint density at radius 1 is 0.903 bits per heavy atom. The van der Waals surface area contributed by atoms with Crippen molar-refractivity contribution in [3.63, 3.8) is 0 Å². The van der Waals surface area contributed by atoms with Gasteiger partial charge >= 0.3 is 0 Å². The van der Waals surface area contributed by atoms with Crippen molar-refractivity contribution < 1.29 is 4.79 Å². The molecule has 3 aromatic heterocycles. The Morgan fingerprint density at radius 2 is 1.71 bits per heavy atom. The summed E-state index contributed by atoms with van der Waals surface area (Å²) in [6.07, 6.45) is 3.35. The summed E-state index contributed by atoms with van der Waals surface area (Å²) < 4.78 is 0. The number of carbonyl (C=O) groups is 1. The van der Waals surface area contributed by atoms with Gasteiger partial charge in [0.25, 0.3) is 0 Å². The summed E-state index contributed by atoms with van der Waals surface area (Å²) in [7, 11) is 0. The van der Waals surface area contributed by atoms with Gasteiger partial charge in [-0.25, -0.2) is 4.98 Å². The number of carbonyl (C=O) groups excluding carboxylic acids is 1. The van der Waals surface area contributed by atoms with Crippen molar-refractivity contribution in [1.29, 1.82) is 0 Å². The van der Waals surface area contributed by atoms with Crippen molar-refractivity contribution in [1.82, 2.24) is 24.9 Å². The molecule has 0 bridgehead atoms. The van der Waals surface area contributed by atoms with Gasteiger partial charge in [0.05, 0.1) is 11.8 Å². The third-order valence-electron chi connectivity index (χ3n) is 4.61. The maximum atomic E-state index is 11.2. The van der Waals surface area contributed by atoms with Crippen LogP contribution in [-0.2, 0) is 4.79 Å². The van der Waals surface area contributed by atoms with Crippen LogP contribution in [0.3, 0.4) is 0 Å². The van der Waals surface area contributed by atoms with E-state index in [2.05, 4.69) is 40.9 Å². The predicted octanol–water partition coefficient (Wildman–Crippen LogP) is 4.35. The number of hydrogen-bond acceptors (Lipinski definition) is 7. The van der Waals surface area contributed by atoms with Gasteiger partial charge in [0.2, 0.25) is 11.9 Å². The van der Waals surface area contributed by atoms with Gasteiger partial charge in [-0.2, -0.15) is 9.97 Å². The summed E-state index contributed by atoms with van der Waals surface area (Å²) in [5, 5.41) is 10.3. The van der Waals surface area contributed by atoms with Crippen LogP contribution in [0.5, 0.6) is 0 Å². The molecule has 5 aromatic rings. The van der Waals surface area contributed by atoms with Gasteiger partial charge in [-0.1, -0.05) is 6.07 Å². The number of H-pyrrole nitrogens is 1. The van der Waals surface area contributed by atoms with E-state index in [1.807, 2.05) is 54.6 Å². The molecule has 31 heavy (non-hydrogen) atoms. The number of fused-ring (bicyclic) bond motifs is 2. The van der Waals surface area contributed by atoms with Crippen LogP contribution in [0.1, 0.15) is 6.92 Å². The molecule has 5 rings (SSSR count). The Balaban J connectivity index is 1.44. The number of amides is 1. The molecule has 0 radical (unpaired) electrons. The van der Waals surface area contributed by atoms with Gasteiger partial charge < -0.3 is 20.9 Å². The van der Waals surface area contributed by atoms with E-state index in [4.69, 9.17) is 0 Å². The van der Waals surface area contributed by atoms with Crippen LogP contribution in [0.15, 0.2) is 67.1 Å². The lowest BCUT2D eigenvalue weighted by Crippen LogP contribution is -2.05. The average Bonchev–Trinajstić information content (AvgIpc) is 3.24. The fraction of sp³-hybridized carbons (Fsp3) is 0.0455. The minimum absolute atomic E-state index is 0.115. The predicted molar refractivity (Wildman–Crippen MR) is 121 cm³/mol. The van der Waals surface area contributed by atoms with Crippen molar-refractivity contribution in [3.05, 3.63) is 67.1 Å². The fourth-order valence-corrected chi connectivity index (χ4v) is 3.24. The van der Waals surface area contributed by atoms with Crippen LogP contribution in [-0.4, -0.2) is 30.8 Å². The Labute approximate surface area is 177 Å². The van der Waals surface area contributed by atoms with Gasteiger partial charge in [-0.15, -0.1) is 0 Å². The van der Waals surface area contributed by atoms with Crippen LogP contribution >= 0.6 is 0 Å². The van der Waals surface area contributed by atoms with Crippen molar-refractivity contribution >= 4 is 56.8 Å². The minimum Gasteiger partial charge on any atom is -0.340 e. The largest absolute Gasteiger partial charge is 0.340 e. The zero-order valence-corrected chi connectivity index (χ0v) is 16.5. The Bertz CT molecular complexity index is 1390. The summed E-state index contributed by atoms with van der Waals surface area (Å²) in [6.45, 7) is 1.47. The highest BCUT2D eigenvalue weighted by Gasteiger charge is 2.11. The SMILES string of the molecule is CC(=O)Nc1ccc(Nc2nc(Nc3ccc4ncccc4c3)nc3nc[nH]c23)cc1. The molecule has 9 nitrogen and oxygen atoms in total. The van der Waals surface area contributed by atoms with Crippen LogP contribution in [0.25, 0.3) is 22.1 Å². The monoisotopic (exact) mass is 410 g/mol. The molecule has 0 atom stereocenters. The van der Waals surface area contributed by atoms with Crippen molar-refractivity contribution in [2.24, 2.45) is 0 Å². The molecule has 152 valence electrons. The van der Waals surface area contributed by atoms with Crippen LogP contribution < -0.4 is 16.0 Å². The number of nitrogens with one attached hydrogen (secondary N) is 4. The number of benzene rings is 2. The Kier molecular flexibility index (Phi) is 4.60. The number of rotatable bonds is 5. The summed E-state index contributed by atoms with van der Waals surface area (Å²) in [5.41, 5.74) is 4.53. The molecule has 2 aromatic carbocycles. The lowest BCUT2D eigenvalue weighted by atomic mass is 10.2. The number of nitrogens with zero attached hydrogens (tertiary/aromatic N) is 4. The Morgan fingerprint density at radius 3 is 2.55 bits per heavy atom. The standard InChI is InChI=1S/C22H18N8O/c1-13(31)26-15-4-6-16(7-5-15)27-21-19-20(25-12-24-19)29-22(30-21)28-17-8-9-18-14(11-17)3-2-10-23-18/h2-12H,1H3,(H,26,31)(H3,24,25,27,28,29,30). The first-order valence-electron chi connectivity index (χ1n) is 9.62. The van der Waals surface area contributed by atoms with E-state index in [1.54, 1.807) is 12.5 Å². The molecule has 0 unspecified atom stereocenters. The normalized spacial score (nSPS) is 10.9. The first kappa shape index (κ1) is 18.5. The van der Waals surface area contributed by atoms with Gasteiger partial charge in [0, 0.05) is 35.6 Å². The van der Waals surface area contributed by atoms with E-state index in [0.29, 0.717) is 22.9 Å². The van der Waals surface area contributed by atoms with Gasteiger partial charge in [-0.3, -0.25) is 9.78 Å². The van der Waals surface area contributed by atoms with Crippen LogP contribution in [0.4, 0.5) is 28.8 Å². The molecular weight excluding hydrogens is 392 g/mol. The van der Waals surface area contributed by atoms with Crippen molar-refractivity contribution in [2.75, 3.05) is 16.0 Å². The van der Waals surface area contributed by atoms with Crippen molar-refractivity contribution in [2.45, 2.75) is 6.92 Å². The zero-order chi connectivity index (χ0) is 21.2. The Hall–Kier alpha value is -4.53. The summed E-state index contributed by atoms with van der Waals surface area (Å²) in [4.78, 5) is 32.0. The molecular formula is C22H18N8O. The molecule has 0 fully saturated rings. The molecule has 0 spiro atoms. The van der Waals surface area contributed by atoms with E-state index < -0.39 is 0 Å². The van der Waals surface area contributed by atoms with E-state index in [-0.39, 0.29) is 5.91 Å². The number of pyridine rings is 1. The molecule has 0 saturated carbocycles. The van der Waals surface area contributed by atoms with E-state index >= 15 is 0 Å². The molecule has 0 saturated heterocycles. The lowest BCUT2D eigenvalue weighted by Gasteiger charge is -2.11. The molecule has 0 aliphatic carbocycles. The highest BCUT2D eigenvalue weighted by molar-refractivity contribution is 5.90. The second-order valence-corrected chi connectivity index (χ2v) is 6.92.